The molecule has 0 spiro atoms. The minimum absolute atomic E-state index is 0.220. The number of carbonyl (C=O) groups excluding carboxylic acids is 1. The van der Waals surface area contributed by atoms with Gasteiger partial charge in [-0.2, -0.15) is 0 Å². The Morgan fingerprint density at radius 3 is 2.68 bits per heavy atom. The Kier molecular flexibility index (Phi) is 5.33. The number of hydrogen-bond acceptors (Lipinski definition) is 6. The molecule has 1 atom stereocenters. The van der Waals surface area contributed by atoms with Gasteiger partial charge >= 0.3 is 0 Å². The standard InChI is InChI=1S/C22H21N3O6/c1-14-9-18(19(26)12-23-10-16(25(28)29)7-8-22(23)27)15(2)24(14)11-17-13-30-20-5-3-4-6-21(20)31-17/h3-10,17H,11-13H2,1-2H3. The minimum atomic E-state index is -0.601. The fourth-order valence-corrected chi connectivity index (χ4v) is 3.71. The van der Waals surface area contributed by atoms with Crippen LogP contribution < -0.4 is 15.0 Å². The van der Waals surface area contributed by atoms with Crippen LogP contribution in [0.1, 0.15) is 21.7 Å². The van der Waals surface area contributed by atoms with Gasteiger partial charge < -0.3 is 18.6 Å². The van der Waals surface area contributed by atoms with Crippen molar-refractivity contribution in [3.05, 3.63) is 86.1 Å². The van der Waals surface area contributed by atoms with Gasteiger partial charge in [-0.25, -0.2) is 0 Å². The number of fused-ring (bicyclic) bond motifs is 1. The van der Waals surface area contributed by atoms with Crippen LogP contribution in [-0.4, -0.2) is 32.6 Å². The van der Waals surface area contributed by atoms with Gasteiger partial charge in [0.2, 0.25) is 0 Å². The number of nitro groups is 1. The molecule has 1 aliphatic heterocycles. The number of carbonyl (C=O) groups is 1. The van der Waals surface area contributed by atoms with Gasteiger partial charge in [-0.3, -0.25) is 19.7 Å². The maximum Gasteiger partial charge on any atom is 0.285 e. The van der Waals surface area contributed by atoms with Crippen LogP contribution in [0, 0.1) is 24.0 Å². The van der Waals surface area contributed by atoms with Gasteiger partial charge in [0.05, 0.1) is 24.2 Å². The molecule has 0 N–H and O–H groups in total. The molecule has 9 heteroatoms. The molecular weight excluding hydrogens is 402 g/mol. The molecule has 0 fully saturated rings. The van der Waals surface area contributed by atoms with Crippen LogP contribution in [-0.2, 0) is 13.1 Å². The Bertz CT molecular complexity index is 1230. The maximum atomic E-state index is 12.9. The van der Waals surface area contributed by atoms with E-state index in [1.54, 1.807) is 6.07 Å². The molecule has 0 amide bonds. The normalized spacial score (nSPS) is 15.0. The number of Topliss-reactive ketones (excluding diaryl/α,β-unsaturated/α-hetero) is 1. The second-order valence-electron chi connectivity index (χ2n) is 7.43. The Labute approximate surface area is 177 Å². The van der Waals surface area contributed by atoms with E-state index in [1.807, 2.05) is 42.7 Å². The van der Waals surface area contributed by atoms with Crippen molar-refractivity contribution in [2.24, 2.45) is 0 Å². The molecule has 3 heterocycles. The first kappa shape index (κ1) is 20.4. The third-order valence-corrected chi connectivity index (χ3v) is 5.32. The second kappa shape index (κ2) is 8.10. The molecule has 0 radical (unpaired) electrons. The predicted octanol–water partition coefficient (Wildman–Crippen LogP) is 2.90. The molecule has 31 heavy (non-hydrogen) atoms. The molecular formula is C22H21N3O6. The highest BCUT2D eigenvalue weighted by molar-refractivity contribution is 5.97. The number of ether oxygens (including phenoxy) is 2. The average molecular weight is 423 g/mol. The number of benzene rings is 1. The van der Waals surface area contributed by atoms with Crippen molar-refractivity contribution < 1.29 is 19.2 Å². The molecule has 1 aliphatic rings. The first-order chi connectivity index (χ1) is 14.8. The van der Waals surface area contributed by atoms with Gasteiger partial charge in [0.25, 0.3) is 11.2 Å². The summed E-state index contributed by atoms with van der Waals surface area (Å²) < 4.78 is 14.8. The Morgan fingerprint density at radius 1 is 1.19 bits per heavy atom. The summed E-state index contributed by atoms with van der Waals surface area (Å²) in [4.78, 5) is 35.3. The second-order valence-corrected chi connectivity index (χ2v) is 7.43. The molecule has 0 bridgehead atoms. The summed E-state index contributed by atoms with van der Waals surface area (Å²) in [5.74, 6) is 1.09. The summed E-state index contributed by atoms with van der Waals surface area (Å²) in [5.41, 5.74) is 1.36. The van der Waals surface area contributed by atoms with E-state index in [1.165, 1.54) is 0 Å². The lowest BCUT2D eigenvalue weighted by Crippen LogP contribution is -2.33. The zero-order valence-electron chi connectivity index (χ0n) is 17.1. The number of ketones is 1. The van der Waals surface area contributed by atoms with E-state index in [0.29, 0.717) is 30.2 Å². The number of hydrogen-bond donors (Lipinski definition) is 0. The minimum Gasteiger partial charge on any atom is -0.486 e. The largest absolute Gasteiger partial charge is 0.486 e. The van der Waals surface area contributed by atoms with Gasteiger partial charge in [0.15, 0.2) is 23.4 Å². The summed E-state index contributed by atoms with van der Waals surface area (Å²) in [7, 11) is 0. The van der Waals surface area contributed by atoms with Crippen molar-refractivity contribution in [2.75, 3.05) is 6.61 Å². The van der Waals surface area contributed by atoms with Crippen molar-refractivity contribution in [2.45, 2.75) is 33.0 Å². The van der Waals surface area contributed by atoms with Gasteiger partial charge in [-0.1, -0.05) is 12.1 Å². The van der Waals surface area contributed by atoms with Crippen LogP contribution in [0.2, 0.25) is 0 Å². The number of rotatable bonds is 6. The van der Waals surface area contributed by atoms with Crippen molar-refractivity contribution in [1.29, 1.82) is 0 Å². The molecule has 160 valence electrons. The lowest BCUT2D eigenvalue weighted by atomic mass is 10.1. The van der Waals surface area contributed by atoms with Crippen molar-refractivity contribution >= 4 is 11.5 Å². The molecule has 0 saturated heterocycles. The lowest BCUT2D eigenvalue weighted by molar-refractivity contribution is -0.385. The van der Waals surface area contributed by atoms with E-state index in [2.05, 4.69) is 0 Å². The quantitative estimate of drug-likeness (QED) is 0.343. The summed E-state index contributed by atoms with van der Waals surface area (Å²) in [5, 5.41) is 11.0. The Balaban J connectivity index is 1.53. The van der Waals surface area contributed by atoms with Crippen LogP contribution in [0.4, 0.5) is 5.69 Å². The molecule has 0 aliphatic carbocycles. The molecule has 1 unspecified atom stereocenters. The third-order valence-electron chi connectivity index (χ3n) is 5.32. The highest BCUT2D eigenvalue weighted by Gasteiger charge is 2.24. The first-order valence-corrected chi connectivity index (χ1v) is 9.77. The predicted molar refractivity (Wildman–Crippen MR) is 112 cm³/mol. The first-order valence-electron chi connectivity index (χ1n) is 9.77. The van der Waals surface area contributed by atoms with Gasteiger partial charge in [-0.15, -0.1) is 0 Å². The molecule has 0 saturated carbocycles. The summed E-state index contributed by atoms with van der Waals surface area (Å²) in [6.45, 7) is 4.33. The fraction of sp³-hybridized carbons (Fsp3) is 0.273. The Hall–Kier alpha value is -3.88. The fourth-order valence-electron chi connectivity index (χ4n) is 3.71. The van der Waals surface area contributed by atoms with E-state index < -0.39 is 10.5 Å². The maximum absolute atomic E-state index is 12.9. The highest BCUT2D eigenvalue weighted by Crippen LogP contribution is 2.31. The highest BCUT2D eigenvalue weighted by atomic mass is 16.6. The van der Waals surface area contributed by atoms with Crippen LogP contribution in [0.15, 0.2) is 53.5 Å². The number of aryl methyl sites for hydroxylation is 1. The number of para-hydroxylation sites is 2. The topological polar surface area (TPSA) is 106 Å². The van der Waals surface area contributed by atoms with Gasteiger partial charge in [-0.05, 0) is 32.0 Å². The number of nitrogens with zero attached hydrogens (tertiary/aromatic N) is 3. The van der Waals surface area contributed by atoms with Gasteiger partial charge in [0.1, 0.15) is 6.61 Å². The van der Waals surface area contributed by atoms with E-state index in [-0.39, 0.29) is 24.1 Å². The number of pyridine rings is 1. The van der Waals surface area contributed by atoms with Crippen LogP contribution in [0.25, 0.3) is 0 Å². The zero-order chi connectivity index (χ0) is 22.1. The van der Waals surface area contributed by atoms with E-state index >= 15 is 0 Å². The number of aromatic nitrogens is 2. The van der Waals surface area contributed by atoms with Crippen molar-refractivity contribution in [3.8, 4) is 11.5 Å². The van der Waals surface area contributed by atoms with Gasteiger partial charge in [0, 0.05) is 29.1 Å². The van der Waals surface area contributed by atoms with E-state index in [0.717, 1.165) is 34.3 Å². The van der Waals surface area contributed by atoms with E-state index in [4.69, 9.17) is 9.47 Å². The summed E-state index contributed by atoms with van der Waals surface area (Å²) in [6.07, 6.45) is 0.867. The van der Waals surface area contributed by atoms with Crippen LogP contribution in [0.3, 0.4) is 0 Å². The summed E-state index contributed by atoms with van der Waals surface area (Å²) in [6, 6.07) is 11.4. The molecule has 2 aromatic heterocycles. The Morgan fingerprint density at radius 2 is 1.94 bits per heavy atom. The monoisotopic (exact) mass is 423 g/mol. The molecule has 3 aromatic rings. The molecule has 1 aromatic carbocycles. The van der Waals surface area contributed by atoms with Crippen LogP contribution >= 0.6 is 0 Å². The molecule has 4 rings (SSSR count). The van der Waals surface area contributed by atoms with Crippen LogP contribution in [0.5, 0.6) is 11.5 Å². The van der Waals surface area contributed by atoms with E-state index in [9.17, 15) is 19.7 Å². The smallest absolute Gasteiger partial charge is 0.285 e. The van der Waals surface area contributed by atoms with Crippen molar-refractivity contribution in [1.82, 2.24) is 9.13 Å². The lowest BCUT2D eigenvalue weighted by Gasteiger charge is -2.27. The summed E-state index contributed by atoms with van der Waals surface area (Å²) >= 11 is 0. The third kappa shape index (κ3) is 4.07. The zero-order valence-corrected chi connectivity index (χ0v) is 17.1. The molecule has 9 nitrogen and oxygen atoms in total. The average Bonchev–Trinajstić information content (AvgIpc) is 3.03. The van der Waals surface area contributed by atoms with Crippen molar-refractivity contribution in [3.63, 3.8) is 0 Å². The SMILES string of the molecule is Cc1cc(C(=O)Cn2cc([N+](=O)[O-])ccc2=O)c(C)n1CC1COc2ccccc2O1.